The zero-order valence-corrected chi connectivity index (χ0v) is 58.8. The molecule has 0 spiro atoms. The van der Waals surface area contributed by atoms with Gasteiger partial charge in [0.05, 0.1) is 46.8 Å². The molecule has 0 aliphatic carbocycles. The Bertz CT molecular complexity index is 2930. The van der Waals surface area contributed by atoms with Gasteiger partial charge in [-0.15, -0.1) is 0 Å². The Labute approximate surface area is 574 Å². The van der Waals surface area contributed by atoms with Gasteiger partial charge in [0.25, 0.3) is 0 Å². The fourth-order valence-corrected chi connectivity index (χ4v) is 11.1. The second-order valence-electron chi connectivity index (χ2n) is 27.8. The molecule has 3 aromatic carbocycles. The van der Waals surface area contributed by atoms with Crippen molar-refractivity contribution in [3.05, 3.63) is 120 Å². The lowest BCUT2D eigenvalue weighted by Crippen LogP contribution is -2.64. The van der Waals surface area contributed by atoms with Crippen LogP contribution in [0, 0.1) is 10.8 Å². The van der Waals surface area contributed by atoms with Gasteiger partial charge in [-0.2, -0.15) is 0 Å². The summed E-state index contributed by atoms with van der Waals surface area (Å²) in [6.07, 6.45) is 21.5. The lowest BCUT2D eigenvalue weighted by molar-refractivity contribution is -0.325. The molecule has 1 N–H and O–H groups in total. The SMILES string of the molecule is CCCCCCCCCCCCC/C=C/[C@@H](OC(=O)c1ccccc1)[C@H](CO[C@H]1O[C@H](COC2(COC(=O)C(C)(C)C)OC2=O)[C@H](OC2(COC(=O)C(C)(C)C)OC2=O)[C@H](OC(=O)c2ccccc2)[C@H]1OC(=O)c1ccccc1)NC(=O)CCCCCCCCCCCCCCC. The van der Waals surface area contributed by atoms with Gasteiger partial charge >= 0.3 is 53.4 Å². The van der Waals surface area contributed by atoms with Crippen LogP contribution in [0.3, 0.4) is 0 Å². The van der Waals surface area contributed by atoms with Gasteiger partial charge in [0, 0.05) is 6.42 Å². The maximum atomic E-state index is 14.6. The minimum atomic E-state index is -2.35. The van der Waals surface area contributed by atoms with Crippen LogP contribution in [0.1, 0.15) is 253 Å². The highest BCUT2D eigenvalue weighted by molar-refractivity contribution is 5.93. The number of esters is 5. The number of nitrogens with one attached hydrogen (secondary N) is 1. The second-order valence-corrected chi connectivity index (χ2v) is 27.8. The molecule has 3 aromatic rings. The zero-order valence-electron chi connectivity index (χ0n) is 58.8. The van der Waals surface area contributed by atoms with Gasteiger partial charge in [0.2, 0.25) is 5.91 Å². The number of hydrogen-bond acceptors (Lipinski definition) is 19. The van der Waals surface area contributed by atoms with Crippen LogP contribution in [0.2, 0.25) is 0 Å². The second kappa shape index (κ2) is 40.8. The number of cyclic esters (lactones) is 2. The van der Waals surface area contributed by atoms with Crippen LogP contribution in [-0.4, -0.2) is 129 Å². The summed E-state index contributed by atoms with van der Waals surface area (Å²) in [5, 5.41) is 3.11. The van der Waals surface area contributed by atoms with E-state index in [9.17, 15) is 38.4 Å². The Morgan fingerprint density at radius 1 is 0.515 bits per heavy atom. The molecular weight excluding hydrogens is 1240 g/mol. The molecule has 3 saturated heterocycles. The Morgan fingerprint density at radius 3 is 1.35 bits per heavy atom. The van der Waals surface area contributed by atoms with Gasteiger partial charge in [-0.3, -0.25) is 14.4 Å². The zero-order chi connectivity index (χ0) is 70.1. The van der Waals surface area contributed by atoms with Crippen LogP contribution in [0.25, 0.3) is 0 Å². The van der Waals surface area contributed by atoms with E-state index in [4.69, 9.17) is 52.1 Å². The number of ether oxygens (including phenoxy) is 11. The highest BCUT2D eigenvalue weighted by Gasteiger charge is 2.68. The van der Waals surface area contributed by atoms with E-state index in [1.807, 2.05) is 6.08 Å². The molecule has 536 valence electrons. The quantitative estimate of drug-likeness (QED) is 0.0181. The first kappa shape index (κ1) is 79.0. The molecule has 6 rings (SSSR count). The van der Waals surface area contributed by atoms with E-state index in [-0.39, 0.29) is 29.0 Å². The standard InChI is InChI=1S/C77H109NO19/c1-9-11-13-15-17-19-21-23-25-27-29-31-42-50-60(91-66(80)56-44-36-33-37-45-56)59(78-62(79)51-43-32-30-28-26-24-22-20-18-16-14-12-10-2)52-87-69-65(94-68(82)58-48-40-35-41-49-58)64(93-67(81)57-46-38-34-39-47-57)63(95-77(73(86)97-77)55-89-71(84)75(6,7)8)61(92-69)53-90-76(72(85)96-76)54-88-70(83)74(3,4)5/h33-42,44-50,59-61,63-65,69H,9-32,43,51-55H2,1-8H3,(H,78,79)/b50-42+/t59-,60+,61+,63-,64-,65+,69-,76?,77?/m0/s1. The molecule has 9 atom stereocenters. The van der Waals surface area contributed by atoms with Gasteiger partial charge in [-0.05, 0) is 103 Å². The number of epoxide rings is 2. The summed E-state index contributed by atoms with van der Waals surface area (Å²) >= 11 is 0. The van der Waals surface area contributed by atoms with Crippen LogP contribution < -0.4 is 5.32 Å². The third kappa shape index (κ3) is 27.3. The number of unbranched alkanes of at least 4 members (excludes halogenated alkanes) is 23. The first-order chi connectivity index (χ1) is 46.6. The molecule has 0 bridgehead atoms. The van der Waals surface area contributed by atoms with Crippen LogP contribution in [-0.2, 0) is 76.1 Å². The molecule has 0 radical (unpaired) electrons. The van der Waals surface area contributed by atoms with Gasteiger partial charge < -0.3 is 57.4 Å². The monoisotopic (exact) mass is 1350 g/mol. The van der Waals surface area contributed by atoms with Crippen LogP contribution in [0.5, 0.6) is 0 Å². The molecule has 20 nitrogen and oxygen atoms in total. The van der Waals surface area contributed by atoms with E-state index >= 15 is 0 Å². The van der Waals surface area contributed by atoms with E-state index in [0.29, 0.717) is 12.8 Å². The van der Waals surface area contributed by atoms with E-state index in [1.54, 1.807) is 114 Å². The molecule has 2 unspecified atom stereocenters. The molecule has 3 aliphatic rings. The largest absolute Gasteiger partial charge is 0.458 e. The molecule has 97 heavy (non-hydrogen) atoms. The molecule has 20 heteroatoms. The highest BCUT2D eigenvalue weighted by Crippen LogP contribution is 2.41. The number of allylic oxidation sites excluding steroid dienone is 1. The molecule has 3 aliphatic heterocycles. The Kier molecular flexibility index (Phi) is 33.2. The predicted octanol–water partition coefficient (Wildman–Crippen LogP) is 14.7. The van der Waals surface area contributed by atoms with Crippen LogP contribution >= 0.6 is 0 Å². The summed E-state index contributed by atoms with van der Waals surface area (Å²) in [7, 11) is 0. The summed E-state index contributed by atoms with van der Waals surface area (Å²) in [4.78, 5) is 111. The lowest BCUT2D eigenvalue weighted by Gasteiger charge is -2.45. The first-order valence-electron chi connectivity index (χ1n) is 35.7. The van der Waals surface area contributed by atoms with Crippen LogP contribution in [0.4, 0.5) is 0 Å². The summed E-state index contributed by atoms with van der Waals surface area (Å²) in [5.41, 5.74) is -1.72. The van der Waals surface area contributed by atoms with Crippen molar-refractivity contribution in [1.82, 2.24) is 5.32 Å². The normalized spacial score (nSPS) is 21.2. The summed E-state index contributed by atoms with van der Waals surface area (Å²) < 4.78 is 67.3. The van der Waals surface area contributed by atoms with Crippen molar-refractivity contribution in [1.29, 1.82) is 0 Å². The number of hydrogen-bond donors (Lipinski definition) is 1. The molecule has 3 heterocycles. The fourth-order valence-electron chi connectivity index (χ4n) is 11.1. The average Bonchev–Trinajstić information content (AvgIpc) is 1.66. The van der Waals surface area contributed by atoms with E-state index < -0.39 is 133 Å². The van der Waals surface area contributed by atoms with Crippen molar-refractivity contribution in [3.8, 4) is 0 Å². The van der Waals surface area contributed by atoms with Crippen LogP contribution in [0.15, 0.2) is 103 Å². The van der Waals surface area contributed by atoms with Gasteiger partial charge in [0.15, 0.2) is 31.7 Å². The molecule has 0 aromatic heterocycles. The predicted molar refractivity (Wildman–Crippen MR) is 363 cm³/mol. The van der Waals surface area contributed by atoms with Crippen molar-refractivity contribution in [3.63, 3.8) is 0 Å². The maximum Gasteiger partial charge on any atom is 0.386 e. The maximum absolute atomic E-state index is 14.6. The smallest absolute Gasteiger partial charge is 0.386 e. The summed E-state index contributed by atoms with van der Waals surface area (Å²) in [5.74, 6) is -10.8. The molecule has 0 saturated carbocycles. The molecular formula is C77H109NO19. The van der Waals surface area contributed by atoms with Gasteiger partial charge in [0.1, 0.15) is 18.3 Å². The Hall–Kier alpha value is -7.00. The van der Waals surface area contributed by atoms with E-state index in [2.05, 4.69) is 19.2 Å². The highest BCUT2D eigenvalue weighted by atomic mass is 16.9. The number of amides is 1. The van der Waals surface area contributed by atoms with Crippen molar-refractivity contribution in [2.45, 2.75) is 277 Å². The fraction of sp³-hybridized carbons (Fsp3) is 0.636. The summed E-state index contributed by atoms with van der Waals surface area (Å²) in [6.45, 7) is 11.3. The number of rotatable bonds is 47. The van der Waals surface area contributed by atoms with E-state index in [1.165, 1.54) is 121 Å². The topological polar surface area (TPSA) is 257 Å². The van der Waals surface area contributed by atoms with Crippen molar-refractivity contribution in [2.75, 3.05) is 26.4 Å². The number of benzene rings is 3. The third-order valence-corrected chi connectivity index (χ3v) is 17.2. The van der Waals surface area contributed by atoms with Gasteiger partial charge in [-0.25, -0.2) is 24.0 Å². The lowest BCUT2D eigenvalue weighted by atomic mass is 9.97. The average molecular weight is 1350 g/mol. The van der Waals surface area contributed by atoms with Crippen molar-refractivity contribution >= 4 is 47.7 Å². The summed E-state index contributed by atoms with van der Waals surface area (Å²) in [6, 6.07) is 22.9. The molecule has 1 amide bonds. The number of carbonyl (C=O) groups is 8. The third-order valence-electron chi connectivity index (χ3n) is 17.2. The minimum absolute atomic E-state index is 0.0320. The van der Waals surface area contributed by atoms with E-state index in [0.717, 1.165) is 51.4 Å². The minimum Gasteiger partial charge on any atom is -0.458 e. The van der Waals surface area contributed by atoms with Crippen molar-refractivity contribution in [2.24, 2.45) is 10.8 Å². The Balaban J connectivity index is 1.37. The van der Waals surface area contributed by atoms with Crippen molar-refractivity contribution < 1.29 is 90.5 Å². The number of carbonyl (C=O) groups excluding carboxylic acids is 8. The first-order valence-corrected chi connectivity index (χ1v) is 35.7. The molecule has 3 fully saturated rings. The Morgan fingerprint density at radius 2 is 0.918 bits per heavy atom. The van der Waals surface area contributed by atoms with Gasteiger partial charge in [-0.1, -0.05) is 216 Å².